The average Bonchev–Trinajstić information content (AvgIpc) is 3.06. The third-order valence-electron chi connectivity index (χ3n) is 5.35. The van der Waals surface area contributed by atoms with Crippen molar-refractivity contribution in [3.8, 4) is 0 Å². The zero-order valence-electron chi connectivity index (χ0n) is 16.8. The summed E-state index contributed by atoms with van der Waals surface area (Å²) in [5, 5.41) is 2.84. The Morgan fingerprint density at radius 3 is 2.70 bits per heavy atom. The first-order chi connectivity index (χ1) is 12.8. The monoisotopic (exact) mass is 372 g/mol. The number of carbonyl (C=O) groups is 2. The number of rotatable bonds is 4. The third kappa shape index (κ3) is 5.47. The molecule has 3 rings (SSSR count). The van der Waals surface area contributed by atoms with E-state index in [4.69, 9.17) is 4.74 Å². The maximum Gasteiger partial charge on any atom is 0.407 e. The Balaban J connectivity index is 1.57. The van der Waals surface area contributed by atoms with Gasteiger partial charge >= 0.3 is 6.09 Å². The van der Waals surface area contributed by atoms with E-state index in [1.54, 1.807) is 0 Å². The van der Waals surface area contributed by atoms with E-state index in [0.717, 1.165) is 44.2 Å². The molecule has 1 unspecified atom stereocenters. The highest BCUT2D eigenvalue weighted by Crippen LogP contribution is 2.24. The number of aryl methyl sites for hydroxylation is 2. The maximum absolute atomic E-state index is 12.9. The molecule has 1 aliphatic heterocycles. The molecule has 0 saturated carbocycles. The maximum atomic E-state index is 12.9. The average molecular weight is 373 g/mol. The van der Waals surface area contributed by atoms with Crippen LogP contribution in [0.5, 0.6) is 0 Å². The lowest BCUT2D eigenvalue weighted by Gasteiger charge is -2.36. The summed E-state index contributed by atoms with van der Waals surface area (Å²) in [4.78, 5) is 26.8. The zero-order chi connectivity index (χ0) is 19.4. The fourth-order valence-corrected chi connectivity index (χ4v) is 4.07. The van der Waals surface area contributed by atoms with Gasteiger partial charge in [0.15, 0.2) is 0 Å². The number of fused-ring (bicyclic) bond motifs is 1. The van der Waals surface area contributed by atoms with E-state index >= 15 is 0 Å². The molecule has 0 spiro atoms. The van der Waals surface area contributed by atoms with Crippen LogP contribution in [0.1, 0.15) is 63.1 Å². The number of hydrogen-bond acceptors (Lipinski definition) is 3. The molecule has 1 fully saturated rings. The number of alkyl carbamates (subject to hydrolysis) is 1. The summed E-state index contributed by atoms with van der Waals surface area (Å²) in [7, 11) is 0. The number of ether oxygens (including phenoxy) is 1. The molecular formula is C22H32N2O3. The van der Waals surface area contributed by atoms with E-state index in [1.807, 2.05) is 25.7 Å². The van der Waals surface area contributed by atoms with E-state index in [0.29, 0.717) is 13.0 Å². The van der Waals surface area contributed by atoms with Gasteiger partial charge in [-0.3, -0.25) is 4.79 Å². The summed E-state index contributed by atoms with van der Waals surface area (Å²) in [5.41, 5.74) is 3.43. The van der Waals surface area contributed by atoms with E-state index in [-0.39, 0.29) is 11.9 Å². The number of nitrogens with one attached hydrogen (secondary N) is 1. The Labute approximate surface area is 162 Å². The summed E-state index contributed by atoms with van der Waals surface area (Å²) in [6.07, 6.45) is 6.57. The lowest BCUT2D eigenvalue weighted by atomic mass is 9.99. The van der Waals surface area contributed by atoms with Gasteiger partial charge in [-0.25, -0.2) is 4.79 Å². The third-order valence-corrected chi connectivity index (χ3v) is 5.35. The molecule has 1 atom stereocenters. The standard InChI is InChI=1S/C22H32N2O3/c1-22(2,3)27-21(26)23-15-19-9-4-5-12-24(19)20(25)14-16-10-11-17-7-6-8-18(17)13-16/h10-11,13,19H,4-9,12,14-15H2,1-3H3,(H,23,26). The number of piperidine rings is 1. The van der Waals surface area contributed by atoms with Crippen molar-refractivity contribution in [2.24, 2.45) is 0 Å². The normalized spacial score (nSPS) is 19.5. The van der Waals surface area contributed by atoms with Gasteiger partial charge in [-0.05, 0) is 76.0 Å². The molecule has 5 nitrogen and oxygen atoms in total. The van der Waals surface area contributed by atoms with Crippen LogP contribution in [0.4, 0.5) is 4.79 Å². The lowest BCUT2D eigenvalue weighted by Crippen LogP contribution is -2.50. The molecule has 5 heteroatoms. The molecule has 1 N–H and O–H groups in total. The van der Waals surface area contributed by atoms with Crippen LogP contribution < -0.4 is 5.32 Å². The molecule has 0 aromatic heterocycles. The Morgan fingerprint density at radius 2 is 1.93 bits per heavy atom. The van der Waals surface area contributed by atoms with Gasteiger partial charge < -0.3 is 15.0 Å². The molecule has 1 heterocycles. The van der Waals surface area contributed by atoms with Gasteiger partial charge in [0.2, 0.25) is 5.91 Å². The van der Waals surface area contributed by atoms with Crippen LogP contribution in [0.2, 0.25) is 0 Å². The Kier molecular flexibility index (Phi) is 6.08. The second kappa shape index (κ2) is 8.32. The van der Waals surface area contributed by atoms with Crippen LogP contribution in [0.15, 0.2) is 18.2 Å². The molecule has 2 amide bonds. The minimum atomic E-state index is -0.514. The van der Waals surface area contributed by atoms with Gasteiger partial charge in [-0.15, -0.1) is 0 Å². The number of likely N-dealkylation sites (tertiary alicyclic amines) is 1. The first kappa shape index (κ1) is 19.7. The predicted octanol–water partition coefficient (Wildman–Crippen LogP) is 3.62. The number of amides is 2. The van der Waals surface area contributed by atoms with Crippen molar-refractivity contribution in [2.75, 3.05) is 13.1 Å². The molecule has 1 saturated heterocycles. The number of hydrogen-bond donors (Lipinski definition) is 1. The minimum absolute atomic E-state index is 0.0493. The van der Waals surface area contributed by atoms with Crippen LogP contribution in [-0.2, 0) is 28.8 Å². The minimum Gasteiger partial charge on any atom is -0.444 e. The molecule has 1 aliphatic carbocycles. The van der Waals surface area contributed by atoms with Crippen molar-refractivity contribution < 1.29 is 14.3 Å². The number of benzene rings is 1. The van der Waals surface area contributed by atoms with E-state index in [9.17, 15) is 9.59 Å². The molecule has 0 radical (unpaired) electrons. The second-order valence-electron chi connectivity index (χ2n) is 8.75. The fraction of sp³-hybridized carbons (Fsp3) is 0.636. The van der Waals surface area contributed by atoms with E-state index in [1.165, 1.54) is 17.5 Å². The summed E-state index contributed by atoms with van der Waals surface area (Å²) < 4.78 is 5.31. The van der Waals surface area contributed by atoms with Crippen molar-refractivity contribution in [1.82, 2.24) is 10.2 Å². The first-order valence-corrected chi connectivity index (χ1v) is 10.2. The highest BCUT2D eigenvalue weighted by molar-refractivity contribution is 5.79. The van der Waals surface area contributed by atoms with Crippen LogP contribution in [0.3, 0.4) is 0 Å². The van der Waals surface area contributed by atoms with Crippen LogP contribution in [0, 0.1) is 0 Å². The molecule has 27 heavy (non-hydrogen) atoms. The summed E-state index contributed by atoms with van der Waals surface area (Å²) >= 11 is 0. The Morgan fingerprint density at radius 1 is 1.15 bits per heavy atom. The van der Waals surface area contributed by atoms with Crippen molar-refractivity contribution in [2.45, 2.75) is 77.4 Å². The number of nitrogens with zero attached hydrogens (tertiary/aromatic N) is 1. The topological polar surface area (TPSA) is 58.6 Å². The summed E-state index contributed by atoms with van der Waals surface area (Å²) in [6, 6.07) is 6.54. The molecule has 148 valence electrons. The van der Waals surface area contributed by atoms with Gasteiger partial charge in [-0.2, -0.15) is 0 Å². The summed E-state index contributed by atoms with van der Waals surface area (Å²) in [5.74, 6) is 0.156. The molecule has 0 bridgehead atoms. The van der Waals surface area contributed by atoms with E-state index < -0.39 is 11.7 Å². The van der Waals surface area contributed by atoms with Gasteiger partial charge in [0, 0.05) is 19.1 Å². The SMILES string of the molecule is CC(C)(C)OC(=O)NCC1CCCCN1C(=O)Cc1ccc2c(c1)CCC2. The zero-order valence-corrected chi connectivity index (χ0v) is 16.8. The molecule has 2 aliphatic rings. The van der Waals surface area contributed by atoms with Crippen LogP contribution >= 0.6 is 0 Å². The fourth-order valence-electron chi connectivity index (χ4n) is 4.07. The lowest BCUT2D eigenvalue weighted by molar-refractivity contribution is -0.134. The van der Waals surface area contributed by atoms with Crippen molar-refractivity contribution in [3.63, 3.8) is 0 Å². The van der Waals surface area contributed by atoms with Gasteiger partial charge in [0.25, 0.3) is 0 Å². The van der Waals surface area contributed by atoms with Crippen molar-refractivity contribution in [1.29, 1.82) is 0 Å². The summed E-state index contributed by atoms with van der Waals surface area (Å²) in [6.45, 7) is 6.76. The predicted molar refractivity (Wildman–Crippen MR) is 106 cm³/mol. The van der Waals surface area contributed by atoms with Gasteiger partial charge in [0.05, 0.1) is 6.42 Å². The van der Waals surface area contributed by atoms with Crippen molar-refractivity contribution in [3.05, 3.63) is 34.9 Å². The van der Waals surface area contributed by atoms with Crippen LogP contribution in [-0.4, -0.2) is 41.6 Å². The second-order valence-corrected chi connectivity index (χ2v) is 8.75. The largest absolute Gasteiger partial charge is 0.444 e. The quantitative estimate of drug-likeness (QED) is 0.878. The first-order valence-electron chi connectivity index (χ1n) is 10.2. The molecule has 1 aromatic carbocycles. The number of carbonyl (C=O) groups excluding carboxylic acids is 2. The highest BCUT2D eigenvalue weighted by Gasteiger charge is 2.28. The van der Waals surface area contributed by atoms with Crippen molar-refractivity contribution >= 4 is 12.0 Å². The van der Waals surface area contributed by atoms with E-state index in [2.05, 4.69) is 23.5 Å². The van der Waals surface area contributed by atoms with Crippen LogP contribution in [0.25, 0.3) is 0 Å². The van der Waals surface area contributed by atoms with Gasteiger partial charge in [0.1, 0.15) is 5.60 Å². The molecular weight excluding hydrogens is 340 g/mol. The van der Waals surface area contributed by atoms with Gasteiger partial charge in [-0.1, -0.05) is 18.2 Å². The molecule has 1 aromatic rings. The smallest absolute Gasteiger partial charge is 0.407 e. The highest BCUT2D eigenvalue weighted by atomic mass is 16.6. The Hall–Kier alpha value is -2.04. The Bertz CT molecular complexity index is 693.